The number of carbonyl (C=O) groups excluding carboxylic acids is 1. The number of rotatable bonds is 6. The van der Waals surface area contributed by atoms with Crippen molar-refractivity contribution < 1.29 is 13.6 Å². The van der Waals surface area contributed by atoms with Crippen molar-refractivity contribution >= 4 is 23.4 Å². The molecule has 1 unspecified atom stereocenters. The molecule has 3 aromatic rings. The molecule has 5 nitrogen and oxygen atoms in total. The molecule has 0 saturated heterocycles. The van der Waals surface area contributed by atoms with E-state index in [0.717, 1.165) is 6.07 Å². The standard InChI is InChI=1S/C19H18F2N4OS/c1-3-25-17(15-10-9-13(20)11-16(15)21)23-24-19(25)27-12(2)18(26)22-14-7-5-4-6-8-14/h4-12H,3H2,1-2H3,(H,22,26). The summed E-state index contributed by atoms with van der Waals surface area (Å²) in [6, 6.07) is 12.5. The van der Waals surface area contributed by atoms with Crippen molar-refractivity contribution in [2.75, 3.05) is 5.32 Å². The fourth-order valence-electron chi connectivity index (χ4n) is 2.51. The number of anilines is 1. The van der Waals surface area contributed by atoms with Gasteiger partial charge in [-0.3, -0.25) is 4.79 Å². The second kappa shape index (κ2) is 8.30. The molecule has 0 saturated carbocycles. The van der Waals surface area contributed by atoms with Crippen LogP contribution in [0.1, 0.15) is 13.8 Å². The fourth-order valence-corrected chi connectivity index (χ4v) is 3.42. The van der Waals surface area contributed by atoms with Crippen molar-refractivity contribution in [3.8, 4) is 11.4 Å². The molecule has 0 fully saturated rings. The van der Waals surface area contributed by atoms with Crippen LogP contribution in [0.2, 0.25) is 0 Å². The number of amides is 1. The van der Waals surface area contributed by atoms with Crippen molar-refractivity contribution in [2.45, 2.75) is 30.8 Å². The van der Waals surface area contributed by atoms with Gasteiger partial charge in [-0.2, -0.15) is 0 Å². The number of hydrogen-bond acceptors (Lipinski definition) is 4. The average Bonchev–Trinajstić information content (AvgIpc) is 3.04. The molecule has 1 amide bonds. The number of aromatic nitrogens is 3. The van der Waals surface area contributed by atoms with Crippen LogP contribution in [0.15, 0.2) is 53.7 Å². The van der Waals surface area contributed by atoms with E-state index in [9.17, 15) is 13.6 Å². The Kier molecular flexibility index (Phi) is 5.85. The van der Waals surface area contributed by atoms with Gasteiger partial charge in [-0.1, -0.05) is 30.0 Å². The Bertz CT molecular complexity index is 946. The Hall–Kier alpha value is -2.74. The summed E-state index contributed by atoms with van der Waals surface area (Å²) in [5, 5.41) is 11.0. The third kappa shape index (κ3) is 4.33. The van der Waals surface area contributed by atoms with Gasteiger partial charge in [0.2, 0.25) is 5.91 Å². The Morgan fingerprint density at radius 3 is 2.59 bits per heavy atom. The molecule has 3 rings (SSSR count). The van der Waals surface area contributed by atoms with E-state index >= 15 is 0 Å². The van der Waals surface area contributed by atoms with E-state index < -0.39 is 16.9 Å². The molecule has 27 heavy (non-hydrogen) atoms. The zero-order valence-electron chi connectivity index (χ0n) is 14.8. The second-order valence-electron chi connectivity index (χ2n) is 5.79. The highest BCUT2D eigenvalue weighted by molar-refractivity contribution is 8.00. The molecule has 0 aliphatic rings. The predicted molar refractivity (Wildman–Crippen MR) is 101 cm³/mol. The first kappa shape index (κ1) is 19.0. The summed E-state index contributed by atoms with van der Waals surface area (Å²) < 4.78 is 29.0. The van der Waals surface area contributed by atoms with Gasteiger partial charge in [-0.25, -0.2) is 8.78 Å². The van der Waals surface area contributed by atoms with Gasteiger partial charge in [0.1, 0.15) is 11.6 Å². The number of benzene rings is 2. The van der Waals surface area contributed by atoms with Crippen molar-refractivity contribution in [3.05, 3.63) is 60.2 Å². The highest BCUT2D eigenvalue weighted by Gasteiger charge is 2.21. The quantitative estimate of drug-likeness (QED) is 0.638. The summed E-state index contributed by atoms with van der Waals surface area (Å²) in [6.07, 6.45) is 0. The molecule has 1 aromatic heterocycles. The molecule has 1 heterocycles. The molecule has 0 spiro atoms. The summed E-state index contributed by atoms with van der Waals surface area (Å²) in [5.74, 6) is -1.23. The maximum atomic E-state index is 14.1. The Balaban J connectivity index is 1.79. The van der Waals surface area contributed by atoms with Crippen molar-refractivity contribution in [2.24, 2.45) is 0 Å². The molecule has 2 aromatic carbocycles. The molecule has 1 atom stereocenters. The normalized spacial score (nSPS) is 12.0. The minimum Gasteiger partial charge on any atom is -0.325 e. The van der Waals surface area contributed by atoms with Gasteiger partial charge >= 0.3 is 0 Å². The van der Waals surface area contributed by atoms with E-state index in [0.29, 0.717) is 23.2 Å². The van der Waals surface area contributed by atoms with Crippen LogP contribution in [0.3, 0.4) is 0 Å². The first-order valence-corrected chi connectivity index (χ1v) is 9.28. The molecule has 140 valence electrons. The topological polar surface area (TPSA) is 59.8 Å². The van der Waals surface area contributed by atoms with Gasteiger partial charge in [-0.05, 0) is 38.1 Å². The van der Waals surface area contributed by atoms with Crippen LogP contribution in [0.25, 0.3) is 11.4 Å². The van der Waals surface area contributed by atoms with Gasteiger partial charge in [0, 0.05) is 18.3 Å². The fraction of sp³-hybridized carbons (Fsp3) is 0.211. The molecular weight excluding hydrogens is 370 g/mol. The number of thioether (sulfide) groups is 1. The number of hydrogen-bond donors (Lipinski definition) is 1. The Morgan fingerprint density at radius 1 is 1.19 bits per heavy atom. The Labute approximate surface area is 159 Å². The largest absolute Gasteiger partial charge is 0.325 e. The van der Waals surface area contributed by atoms with Gasteiger partial charge in [0.05, 0.1) is 10.8 Å². The number of nitrogens with zero attached hydrogens (tertiary/aromatic N) is 3. The van der Waals surface area contributed by atoms with E-state index in [2.05, 4.69) is 15.5 Å². The Morgan fingerprint density at radius 2 is 1.93 bits per heavy atom. The highest BCUT2D eigenvalue weighted by Crippen LogP contribution is 2.28. The smallest absolute Gasteiger partial charge is 0.237 e. The van der Waals surface area contributed by atoms with Crippen LogP contribution in [0.5, 0.6) is 0 Å². The van der Waals surface area contributed by atoms with Crippen LogP contribution >= 0.6 is 11.8 Å². The zero-order valence-corrected chi connectivity index (χ0v) is 15.6. The molecule has 0 bridgehead atoms. The maximum Gasteiger partial charge on any atom is 0.237 e. The summed E-state index contributed by atoms with van der Waals surface area (Å²) in [6.45, 7) is 4.11. The van der Waals surface area contributed by atoms with Crippen LogP contribution in [-0.2, 0) is 11.3 Å². The lowest BCUT2D eigenvalue weighted by atomic mass is 10.2. The monoisotopic (exact) mass is 388 g/mol. The average molecular weight is 388 g/mol. The first-order chi connectivity index (χ1) is 13.0. The second-order valence-corrected chi connectivity index (χ2v) is 7.10. The highest BCUT2D eigenvalue weighted by atomic mass is 32.2. The van der Waals surface area contributed by atoms with Crippen molar-refractivity contribution in [1.29, 1.82) is 0 Å². The van der Waals surface area contributed by atoms with Gasteiger partial charge in [-0.15, -0.1) is 10.2 Å². The minimum atomic E-state index is -0.705. The zero-order chi connectivity index (χ0) is 19.4. The van der Waals surface area contributed by atoms with Crippen LogP contribution in [-0.4, -0.2) is 25.9 Å². The number of halogens is 2. The van der Waals surface area contributed by atoms with E-state index in [1.54, 1.807) is 23.6 Å². The predicted octanol–water partition coefficient (Wildman–Crippen LogP) is 4.36. The van der Waals surface area contributed by atoms with Gasteiger partial charge in [0.15, 0.2) is 11.0 Å². The van der Waals surface area contributed by atoms with Crippen LogP contribution < -0.4 is 5.32 Å². The molecule has 1 N–H and O–H groups in total. The number of para-hydroxylation sites is 1. The molecular formula is C19H18F2N4OS. The third-order valence-corrected chi connectivity index (χ3v) is 4.98. The molecule has 8 heteroatoms. The number of nitrogens with one attached hydrogen (secondary N) is 1. The summed E-state index contributed by atoms with van der Waals surface area (Å²) in [7, 11) is 0. The van der Waals surface area contributed by atoms with E-state index in [4.69, 9.17) is 0 Å². The van der Waals surface area contributed by atoms with Crippen LogP contribution in [0, 0.1) is 11.6 Å². The van der Waals surface area contributed by atoms with E-state index in [1.165, 1.54) is 23.9 Å². The lowest BCUT2D eigenvalue weighted by Gasteiger charge is -2.13. The third-order valence-electron chi connectivity index (χ3n) is 3.90. The summed E-state index contributed by atoms with van der Waals surface area (Å²) in [4.78, 5) is 12.4. The van der Waals surface area contributed by atoms with Crippen molar-refractivity contribution in [1.82, 2.24) is 14.8 Å². The number of carbonyl (C=O) groups is 1. The molecule has 0 aliphatic carbocycles. The van der Waals surface area contributed by atoms with Crippen molar-refractivity contribution in [3.63, 3.8) is 0 Å². The minimum absolute atomic E-state index is 0.166. The SMILES string of the molecule is CCn1c(SC(C)C(=O)Nc2ccccc2)nnc1-c1ccc(F)cc1F. The summed E-state index contributed by atoms with van der Waals surface area (Å²) in [5.41, 5.74) is 0.875. The molecule has 0 radical (unpaired) electrons. The van der Waals surface area contributed by atoms with E-state index in [-0.39, 0.29) is 11.5 Å². The maximum absolute atomic E-state index is 14.1. The van der Waals surface area contributed by atoms with E-state index in [1.807, 2.05) is 25.1 Å². The lowest BCUT2D eigenvalue weighted by molar-refractivity contribution is -0.115. The lowest BCUT2D eigenvalue weighted by Crippen LogP contribution is -2.22. The van der Waals surface area contributed by atoms with Crippen LogP contribution in [0.4, 0.5) is 14.5 Å². The molecule has 0 aliphatic heterocycles. The first-order valence-electron chi connectivity index (χ1n) is 8.40. The van der Waals surface area contributed by atoms with Gasteiger partial charge < -0.3 is 9.88 Å². The van der Waals surface area contributed by atoms with Gasteiger partial charge in [0.25, 0.3) is 0 Å². The summed E-state index contributed by atoms with van der Waals surface area (Å²) >= 11 is 1.23.